The molecule has 1 N–H and O–H groups in total. The molecule has 0 unspecified atom stereocenters. The third kappa shape index (κ3) is 3.09. The van der Waals surface area contributed by atoms with Crippen molar-refractivity contribution in [3.05, 3.63) is 59.3 Å². The number of benzene rings is 1. The van der Waals surface area contributed by atoms with Crippen molar-refractivity contribution >= 4 is 28.4 Å². The summed E-state index contributed by atoms with van der Waals surface area (Å²) in [5.74, 6) is 1.69. The largest absolute Gasteiger partial charge is 0.487 e. The van der Waals surface area contributed by atoms with Crippen LogP contribution < -0.4 is 10.1 Å². The highest BCUT2D eigenvalue weighted by Gasteiger charge is 2.26. The Balaban J connectivity index is 1.36. The van der Waals surface area contributed by atoms with Gasteiger partial charge in [-0.15, -0.1) is 0 Å². The number of nitrogens with one attached hydrogen (secondary N) is 1. The molecule has 0 bridgehead atoms. The number of aliphatic imine (C=N–C) groups is 1. The van der Waals surface area contributed by atoms with Crippen LogP contribution in [0, 0.1) is 11.3 Å². The van der Waals surface area contributed by atoms with Gasteiger partial charge in [0.25, 0.3) is 0 Å². The second-order valence-electron chi connectivity index (χ2n) is 6.67. The fourth-order valence-corrected chi connectivity index (χ4v) is 4.45. The number of amidine groups is 1. The fraction of sp³-hybridized carbons (Fsp3) is 0.190. The molecule has 0 saturated carbocycles. The lowest BCUT2D eigenvalue weighted by Crippen LogP contribution is -2.24. The fourth-order valence-electron chi connectivity index (χ4n) is 3.51. The van der Waals surface area contributed by atoms with Crippen LogP contribution in [0.2, 0.25) is 0 Å². The molecule has 0 fully saturated rings. The molecule has 2 aliphatic rings. The van der Waals surface area contributed by atoms with Crippen molar-refractivity contribution in [3.8, 4) is 23.1 Å². The summed E-state index contributed by atoms with van der Waals surface area (Å²) < 4.78 is 7.92. The summed E-state index contributed by atoms with van der Waals surface area (Å²) in [7, 11) is 1.87. The van der Waals surface area contributed by atoms with E-state index in [9.17, 15) is 0 Å². The SMILES string of the molecule is CNc1c(-c2ccc(OCC3=CSC4=NCCN34)cc2)nc2cc(C#N)ccn12. The maximum Gasteiger partial charge on any atom is 0.168 e. The van der Waals surface area contributed by atoms with Crippen LogP contribution in [0.1, 0.15) is 5.56 Å². The predicted molar refractivity (Wildman–Crippen MR) is 115 cm³/mol. The lowest BCUT2D eigenvalue weighted by Gasteiger charge is -2.17. The normalized spacial score (nSPS) is 15.1. The highest BCUT2D eigenvalue weighted by Crippen LogP contribution is 2.31. The average molecular weight is 402 g/mol. The summed E-state index contributed by atoms with van der Waals surface area (Å²) in [6.07, 6.45) is 1.86. The van der Waals surface area contributed by atoms with E-state index in [1.54, 1.807) is 23.9 Å². The molecule has 144 valence electrons. The summed E-state index contributed by atoms with van der Waals surface area (Å²) >= 11 is 1.66. The van der Waals surface area contributed by atoms with Gasteiger partial charge < -0.3 is 15.0 Å². The van der Waals surface area contributed by atoms with Crippen LogP contribution >= 0.6 is 11.8 Å². The third-order valence-corrected chi connectivity index (χ3v) is 5.91. The van der Waals surface area contributed by atoms with E-state index in [1.807, 2.05) is 41.9 Å². The third-order valence-electron chi connectivity index (χ3n) is 4.96. The van der Waals surface area contributed by atoms with E-state index in [2.05, 4.69) is 26.7 Å². The first-order valence-corrected chi connectivity index (χ1v) is 10.2. The number of nitriles is 1. The molecule has 5 rings (SSSR count). The van der Waals surface area contributed by atoms with Gasteiger partial charge in [-0.2, -0.15) is 5.26 Å². The number of imidazole rings is 1. The maximum absolute atomic E-state index is 9.13. The van der Waals surface area contributed by atoms with Crippen LogP contribution in [0.5, 0.6) is 5.75 Å². The second-order valence-corrected chi connectivity index (χ2v) is 7.51. The van der Waals surface area contributed by atoms with Crippen molar-refractivity contribution in [2.24, 2.45) is 4.99 Å². The molecule has 8 heteroatoms. The summed E-state index contributed by atoms with van der Waals surface area (Å²) in [6.45, 7) is 2.32. The Kier molecular flexibility index (Phi) is 4.37. The van der Waals surface area contributed by atoms with E-state index in [0.29, 0.717) is 12.2 Å². The molecule has 29 heavy (non-hydrogen) atoms. The smallest absolute Gasteiger partial charge is 0.168 e. The first kappa shape index (κ1) is 17.6. The number of nitrogens with zero attached hydrogens (tertiary/aromatic N) is 5. The Bertz CT molecular complexity index is 1190. The van der Waals surface area contributed by atoms with Crippen molar-refractivity contribution < 1.29 is 4.74 Å². The Morgan fingerprint density at radius 2 is 2.14 bits per heavy atom. The molecule has 0 amide bonds. The van der Waals surface area contributed by atoms with E-state index in [-0.39, 0.29) is 0 Å². The van der Waals surface area contributed by atoms with E-state index in [4.69, 9.17) is 15.0 Å². The minimum absolute atomic E-state index is 0.526. The molecule has 0 atom stereocenters. The number of thioether (sulfide) groups is 1. The monoisotopic (exact) mass is 402 g/mol. The van der Waals surface area contributed by atoms with E-state index >= 15 is 0 Å². The Morgan fingerprint density at radius 1 is 1.28 bits per heavy atom. The average Bonchev–Trinajstić information content (AvgIpc) is 3.46. The predicted octanol–water partition coefficient (Wildman–Crippen LogP) is 3.55. The van der Waals surface area contributed by atoms with Crippen LogP contribution in [-0.4, -0.2) is 46.2 Å². The van der Waals surface area contributed by atoms with E-state index in [1.165, 1.54) is 0 Å². The van der Waals surface area contributed by atoms with Gasteiger partial charge in [0.2, 0.25) is 0 Å². The first-order valence-electron chi connectivity index (χ1n) is 9.28. The van der Waals surface area contributed by atoms with Crippen LogP contribution in [0.25, 0.3) is 16.9 Å². The Labute approximate surface area is 172 Å². The molecule has 7 nitrogen and oxygen atoms in total. The van der Waals surface area contributed by atoms with Gasteiger partial charge in [0.05, 0.1) is 23.9 Å². The lowest BCUT2D eigenvalue weighted by molar-refractivity contribution is 0.322. The lowest BCUT2D eigenvalue weighted by atomic mass is 10.1. The molecule has 0 spiro atoms. The van der Waals surface area contributed by atoms with Gasteiger partial charge >= 0.3 is 0 Å². The number of fused-ring (bicyclic) bond motifs is 2. The Hall–Kier alpha value is -3.44. The molecule has 3 aromatic rings. The van der Waals surface area contributed by atoms with Gasteiger partial charge in [-0.05, 0) is 36.4 Å². The topological polar surface area (TPSA) is 77.9 Å². The zero-order chi connectivity index (χ0) is 19.8. The summed E-state index contributed by atoms with van der Waals surface area (Å²) in [4.78, 5) is 11.4. The van der Waals surface area contributed by atoms with Crippen LogP contribution in [0.4, 0.5) is 5.82 Å². The standard InChI is InChI=1S/C21H18N6OS/c1-23-20-19(25-18-10-14(11-22)6-8-27(18)20)15-2-4-17(5-3-15)28-12-16-13-29-21-24-7-9-26(16)21/h2-6,8,10,13,23H,7,9,12H2,1H3. The van der Waals surface area contributed by atoms with Crippen molar-refractivity contribution in [2.75, 3.05) is 32.1 Å². The number of anilines is 1. The number of ether oxygens (including phenoxy) is 1. The van der Waals surface area contributed by atoms with E-state index in [0.717, 1.165) is 52.4 Å². The number of rotatable bonds is 5. The molecule has 1 aromatic carbocycles. The number of hydrogen-bond acceptors (Lipinski definition) is 7. The highest BCUT2D eigenvalue weighted by molar-refractivity contribution is 8.16. The van der Waals surface area contributed by atoms with Gasteiger partial charge in [-0.1, -0.05) is 11.8 Å². The molecular formula is C21H18N6OS. The molecule has 4 heterocycles. The van der Waals surface area contributed by atoms with E-state index < -0.39 is 0 Å². The molecule has 0 saturated heterocycles. The number of aromatic nitrogens is 2. The minimum atomic E-state index is 0.526. The van der Waals surface area contributed by atoms with Gasteiger partial charge in [-0.25, -0.2) is 4.98 Å². The van der Waals surface area contributed by atoms with Gasteiger partial charge in [0.1, 0.15) is 29.5 Å². The summed E-state index contributed by atoms with van der Waals surface area (Å²) in [5, 5.41) is 15.5. The van der Waals surface area contributed by atoms with Crippen LogP contribution in [-0.2, 0) is 0 Å². The number of hydrogen-bond donors (Lipinski definition) is 1. The van der Waals surface area contributed by atoms with Gasteiger partial charge in [0.15, 0.2) is 5.17 Å². The quantitative estimate of drug-likeness (QED) is 0.703. The maximum atomic E-state index is 9.13. The molecule has 0 aliphatic carbocycles. The van der Waals surface area contributed by atoms with Crippen LogP contribution in [0.3, 0.4) is 0 Å². The molecule has 2 aliphatic heterocycles. The highest BCUT2D eigenvalue weighted by atomic mass is 32.2. The van der Waals surface area contributed by atoms with Crippen molar-refractivity contribution in [3.63, 3.8) is 0 Å². The van der Waals surface area contributed by atoms with Gasteiger partial charge in [-0.3, -0.25) is 9.39 Å². The van der Waals surface area contributed by atoms with Crippen molar-refractivity contribution in [2.45, 2.75) is 0 Å². The van der Waals surface area contributed by atoms with Crippen molar-refractivity contribution in [1.29, 1.82) is 5.26 Å². The minimum Gasteiger partial charge on any atom is -0.487 e. The zero-order valence-corrected chi connectivity index (χ0v) is 16.6. The van der Waals surface area contributed by atoms with Gasteiger partial charge in [0, 0.05) is 30.8 Å². The zero-order valence-electron chi connectivity index (χ0n) is 15.8. The summed E-state index contributed by atoms with van der Waals surface area (Å²) in [5.41, 5.74) is 4.29. The molecule has 2 aromatic heterocycles. The van der Waals surface area contributed by atoms with Crippen molar-refractivity contribution in [1.82, 2.24) is 14.3 Å². The number of pyridine rings is 1. The second kappa shape index (κ2) is 7.18. The molecule has 0 radical (unpaired) electrons. The molecular weight excluding hydrogens is 384 g/mol. The first-order chi connectivity index (χ1) is 14.3. The Morgan fingerprint density at radius 3 is 2.93 bits per heavy atom. The summed E-state index contributed by atoms with van der Waals surface area (Å²) in [6, 6.07) is 13.6. The van der Waals surface area contributed by atoms with Crippen LogP contribution in [0.15, 0.2) is 58.7 Å².